The molecule has 3 aromatic rings. The van der Waals surface area contributed by atoms with Crippen LogP contribution in [0, 0.1) is 6.92 Å². The van der Waals surface area contributed by atoms with Gasteiger partial charge in [-0.1, -0.05) is 47.5 Å². The van der Waals surface area contributed by atoms with Crippen molar-refractivity contribution in [3.63, 3.8) is 0 Å². The van der Waals surface area contributed by atoms with Crippen LogP contribution in [-0.4, -0.2) is 11.9 Å². The molecule has 1 aliphatic rings. The molecule has 0 spiro atoms. The number of hydrogen-bond donors (Lipinski definition) is 0. The Kier molecular flexibility index (Phi) is 7.05. The molecule has 8 heteroatoms. The van der Waals surface area contributed by atoms with Gasteiger partial charge < -0.3 is 9.47 Å². The van der Waals surface area contributed by atoms with Gasteiger partial charge in [0.2, 0.25) is 5.90 Å². The summed E-state index contributed by atoms with van der Waals surface area (Å²) in [6, 6.07) is 16.7. The van der Waals surface area contributed by atoms with Crippen molar-refractivity contribution in [1.82, 2.24) is 0 Å². The monoisotopic (exact) mass is 593 g/mol. The Balaban J connectivity index is 1.57. The zero-order chi connectivity index (χ0) is 22.8. The van der Waals surface area contributed by atoms with Crippen molar-refractivity contribution in [3.8, 4) is 5.75 Å². The summed E-state index contributed by atoms with van der Waals surface area (Å²) in [7, 11) is 0. The maximum Gasteiger partial charge on any atom is 0.363 e. The van der Waals surface area contributed by atoms with E-state index in [2.05, 4.69) is 36.9 Å². The number of hydrogen-bond acceptors (Lipinski definition) is 4. The lowest BCUT2D eigenvalue weighted by Crippen LogP contribution is -2.05. The molecule has 1 heterocycles. The molecular formula is C24H15Br2Cl2NO3. The second-order valence-corrected chi connectivity index (χ2v) is 9.52. The van der Waals surface area contributed by atoms with E-state index in [9.17, 15) is 4.79 Å². The summed E-state index contributed by atoms with van der Waals surface area (Å²) >= 11 is 19.1. The highest BCUT2D eigenvalue weighted by molar-refractivity contribution is 9.11. The van der Waals surface area contributed by atoms with Crippen LogP contribution in [0.3, 0.4) is 0 Å². The molecule has 0 fully saturated rings. The number of carbonyl (C=O) groups excluding carboxylic acids is 1. The summed E-state index contributed by atoms with van der Waals surface area (Å²) in [5, 5.41) is 0.769. The van der Waals surface area contributed by atoms with E-state index in [0.29, 0.717) is 28.0 Å². The third-order valence-electron chi connectivity index (χ3n) is 4.74. The van der Waals surface area contributed by atoms with Crippen LogP contribution in [0.2, 0.25) is 10.0 Å². The SMILES string of the molecule is Cc1ccccc1COc1c(Br)cc(/C=C2\N=C(c3ccc(Cl)c(Cl)c3)OC2=O)cc1Br. The largest absolute Gasteiger partial charge is 0.487 e. The van der Waals surface area contributed by atoms with Gasteiger partial charge in [-0.15, -0.1) is 0 Å². The number of benzene rings is 3. The van der Waals surface area contributed by atoms with E-state index in [1.54, 1.807) is 24.3 Å². The maximum atomic E-state index is 12.3. The van der Waals surface area contributed by atoms with E-state index < -0.39 is 5.97 Å². The maximum absolute atomic E-state index is 12.3. The van der Waals surface area contributed by atoms with Crippen LogP contribution < -0.4 is 4.74 Å². The molecule has 0 unspecified atom stereocenters. The first kappa shape index (κ1) is 23.1. The van der Waals surface area contributed by atoms with Gasteiger partial charge in [0.1, 0.15) is 12.4 Å². The molecule has 3 aromatic carbocycles. The van der Waals surface area contributed by atoms with E-state index in [0.717, 1.165) is 25.6 Å². The molecule has 0 aromatic heterocycles. The molecule has 0 amide bonds. The average molecular weight is 596 g/mol. The molecule has 0 saturated carbocycles. The zero-order valence-corrected chi connectivity index (χ0v) is 21.3. The molecular weight excluding hydrogens is 581 g/mol. The number of esters is 1. The fraction of sp³-hybridized carbons (Fsp3) is 0.0833. The van der Waals surface area contributed by atoms with Crippen molar-refractivity contribution in [2.75, 3.05) is 0 Å². The van der Waals surface area contributed by atoms with Crippen molar-refractivity contribution >= 4 is 73.0 Å². The zero-order valence-electron chi connectivity index (χ0n) is 16.7. The van der Waals surface area contributed by atoms with E-state index >= 15 is 0 Å². The molecule has 32 heavy (non-hydrogen) atoms. The Hall–Kier alpha value is -2.12. The highest BCUT2D eigenvalue weighted by Gasteiger charge is 2.25. The Morgan fingerprint density at radius 1 is 1.03 bits per heavy atom. The van der Waals surface area contributed by atoms with Gasteiger partial charge in [0, 0.05) is 5.56 Å². The fourth-order valence-corrected chi connectivity index (χ4v) is 4.79. The first-order chi connectivity index (χ1) is 15.3. The number of ether oxygens (including phenoxy) is 2. The predicted octanol–water partition coefficient (Wildman–Crippen LogP) is 7.75. The molecule has 0 aliphatic carbocycles. The van der Waals surface area contributed by atoms with E-state index in [4.69, 9.17) is 32.7 Å². The average Bonchev–Trinajstić information content (AvgIpc) is 3.11. The van der Waals surface area contributed by atoms with Crippen molar-refractivity contribution in [3.05, 3.63) is 102 Å². The Morgan fingerprint density at radius 3 is 2.44 bits per heavy atom. The van der Waals surface area contributed by atoms with Crippen molar-refractivity contribution in [2.45, 2.75) is 13.5 Å². The lowest BCUT2D eigenvalue weighted by atomic mass is 10.1. The summed E-state index contributed by atoms with van der Waals surface area (Å²) in [5.41, 5.74) is 3.77. The number of aliphatic imine (C=N–C) groups is 1. The molecule has 1 aliphatic heterocycles. The molecule has 0 atom stereocenters. The second-order valence-electron chi connectivity index (χ2n) is 6.99. The highest BCUT2D eigenvalue weighted by atomic mass is 79.9. The molecule has 0 saturated heterocycles. The van der Waals surface area contributed by atoms with Crippen LogP contribution in [0.5, 0.6) is 5.75 Å². The van der Waals surface area contributed by atoms with Gasteiger partial charge in [-0.3, -0.25) is 0 Å². The Labute approximate surface area is 212 Å². The normalized spacial score (nSPS) is 14.5. The van der Waals surface area contributed by atoms with Gasteiger partial charge in [-0.05, 0) is 91.9 Å². The van der Waals surface area contributed by atoms with Crippen molar-refractivity contribution in [1.29, 1.82) is 0 Å². The molecule has 4 rings (SSSR count). The lowest BCUT2D eigenvalue weighted by molar-refractivity contribution is -0.129. The predicted molar refractivity (Wildman–Crippen MR) is 134 cm³/mol. The van der Waals surface area contributed by atoms with Crippen molar-refractivity contribution < 1.29 is 14.3 Å². The molecule has 0 radical (unpaired) electrons. The van der Waals surface area contributed by atoms with E-state index in [-0.39, 0.29) is 11.6 Å². The number of halogens is 4. The number of rotatable bonds is 5. The third-order valence-corrected chi connectivity index (χ3v) is 6.66. The van der Waals surface area contributed by atoms with Crippen LogP contribution in [-0.2, 0) is 16.1 Å². The van der Waals surface area contributed by atoms with Gasteiger partial charge >= 0.3 is 5.97 Å². The smallest absolute Gasteiger partial charge is 0.363 e. The van der Waals surface area contributed by atoms with E-state index in [1.807, 2.05) is 43.3 Å². The second kappa shape index (κ2) is 9.79. The number of nitrogens with zero attached hydrogens (tertiary/aromatic N) is 1. The van der Waals surface area contributed by atoms with Crippen LogP contribution in [0.1, 0.15) is 22.3 Å². The van der Waals surface area contributed by atoms with Gasteiger partial charge in [0.15, 0.2) is 5.70 Å². The Morgan fingerprint density at radius 2 is 1.75 bits per heavy atom. The standard InChI is InChI=1S/C24H15Br2Cl2NO3/c1-13-4-2-3-5-16(13)12-31-22-17(25)8-14(9-18(22)26)10-21-24(30)32-23(29-21)15-6-7-19(27)20(28)11-15/h2-11H,12H2,1H3/b21-10-. The number of carbonyl (C=O) groups is 1. The molecule has 4 nitrogen and oxygen atoms in total. The Bertz CT molecular complexity index is 1260. The van der Waals surface area contributed by atoms with Gasteiger partial charge in [0.25, 0.3) is 0 Å². The summed E-state index contributed by atoms with van der Waals surface area (Å²) in [6.45, 7) is 2.49. The summed E-state index contributed by atoms with van der Waals surface area (Å²) < 4.78 is 12.8. The van der Waals surface area contributed by atoms with Crippen molar-refractivity contribution in [2.24, 2.45) is 4.99 Å². The minimum Gasteiger partial charge on any atom is -0.487 e. The van der Waals surface area contributed by atoms with Crippen LogP contribution in [0.25, 0.3) is 6.08 Å². The summed E-state index contributed by atoms with van der Waals surface area (Å²) in [4.78, 5) is 16.6. The van der Waals surface area contributed by atoms with Gasteiger partial charge in [-0.2, -0.15) is 0 Å². The first-order valence-corrected chi connectivity index (χ1v) is 11.8. The van der Waals surface area contributed by atoms with Crippen LogP contribution in [0.4, 0.5) is 0 Å². The lowest BCUT2D eigenvalue weighted by Gasteiger charge is -2.12. The quantitative estimate of drug-likeness (QED) is 0.224. The first-order valence-electron chi connectivity index (χ1n) is 9.46. The molecule has 162 valence electrons. The minimum atomic E-state index is -0.543. The van der Waals surface area contributed by atoms with Crippen LogP contribution in [0.15, 0.2) is 74.2 Å². The number of aryl methyl sites for hydroxylation is 1. The molecule has 0 N–H and O–H groups in total. The van der Waals surface area contributed by atoms with Crippen LogP contribution >= 0.6 is 55.1 Å². The minimum absolute atomic E-state index is 0.177. The number of cyclic esters (lactones) is 1. The summed E-state index contributed by atoms with van der Waals surface area (Å²) in [6.07, 6.45) is 1.65. The topological polar surface area (TPSA) is 47.9 Å². The fourth-order valence-electron chi connectivity index (χ4n) is 3.04. The van der Waals surface area contributed by atoms with Gasteiger partial charge in [-0.25, -0.2) is 9.79 Å². The third kappa shape index (κ3) is 5.09. The highest BCUT2D eigenvalue weighted by Crippen LogP contribution is 2.36. The summed E-state index contributed by atoms with van der Waals surface area (Å²) in [5.74, 6) is 0.304. The molecule has 0 bridgehead atoms. The van der Waals surface area contributed by atoms with E-state index in [1.165, 1.54) is 0 Å². The van der Waals surface area contributed by atoms with Gasteiger partial charge in [0.05, 0.1) is 19.0 Å².